The molecule has 0 spiro atoms. The van der Waals surface area contributed by atoms with Gasteiger partial charge in [-0.05, 0) is 66.8 Å². The van der Waals surface area contributed by atoms with Gasteiger partial charge in [0.2, 0.25) is 11.8 Å². The second kappa shape index (κ2) is 11.7. The maximum Gasteiger partial charge on any atom is 0.255 e. The molecule has 37 heavy (non-hydrogen) atoms. The molecule has 0 aliphatic carbocycles. The third kappa shape index (κ3) is 6.06. The third-order valence-electron chi connectivity index (χ3n) is 7.21. The molecule has 9 nitrogen and oxygen atoms in total. The lowest BCUT2D eigenvalue weighted by Gasteiger charge is -2.29. The van der Waals surface area contributed by atoms with E-state index in [9.17, 15) is 19.2 Å². The van der Waals surface area contributed by atoms with Crippen molar-refractivity contribution in [3.8, 4) is 0 Å². The molecule has 2 heterocycles. The van der Waals surface area contributed by atoms with Crippen LogP contribution in [-0.4, -0.2) is 70.8 Å². The van der Waals surface area contributed by atoms with Crippen molar-refractivity contribution < 1.29 is 24.3 Å². The van der Waals surface area contributed by atoms with Gasteiger partial charge in [0.05, 0.1) is 6.61 Å². The van der Waals surface area contributed by atoms with E-state index in [0.29, 0.717) is 37.2 Å². The second-order valence-corrected chi connectivity index (χ2v) is 9.62. The zero-order valence-corrected chi connectivity index (χ0v) is 21.4. The van der Waals surface area contributed by atoms with E-state index < -0.39 is 11.9 Å². The van der Waals surface area contributed by atoms with Crippen molar-refractivity contribution in [1.29, 1.82) is 0 Å². The zero-order chi connectivity index (χ0) is 26.5. The van der Waals surface area contributed by atoms with Gasteiger partial charge in [0.25, 0.3) is 11.8 Å². The van der Waals surface area contributed by atoms with Crippen LogP contribution in [0.5, 0.6) is 0 Å². The topological polar surface area (TPSA) is 119 Å². The van der Waals surface area contributed by atoms with Crippen LogP contribution in [0.4, 0.5) is 0 Å². The van der Waals surface area contributed by atoms with E-state index in [0.717, 1.165) is 36.2 Å². The molecule has 2 aliphatic rings. The summed E-state index contributed by atoms with van der Waals surface area (Å²) in [6.45, 7) is 7.22. The van der Waals surface area contributed by atoms with Gasteiger partial charge >= 0.3 is 0 Å². The van der Waals surface area contributed by atoms with E-state index in [2.05, 4.69) is 22.5 Å². The Morgan fingerprint density at radius 2 is 1.97 bits per heavy atom. The molecular weight excluding hydrogens is 472 g/mol. The number of aliphatic hydroxyl groups is 1. The lowest BCUT2D eigenvalue weighted by Crippen LogP contribution is -2.52. The second-order valence-electron chi connectivity index (χ2n) is 9.62. The van der Waals surface area contributed by atoms with E-state index >= 15 is 0 Å². The molecule has 0 bridgehead atoms. The summed E-state index contributed by atoms with van der Waals surface area (Å²) in [4.78, 5) is 53.1. The molecular formula is C28H34N4O5. The Labute approximate surface area is 216 Å². The van der Waals surface area contributed by atoms with Crippen LogP contribution in [0.1, 0.15) is 62.7 Å². The molecule has 196 valence electrons. The number of aryl methyl sites for hydroxylation is 1. The van der Waals surface area contributed by atoms with Crippen LogP contribution in [0.3, 0.4) is 0 Å². The minimum Gasteiger partial charge on any atom is -0.395 e. The Morgan fingerprint density at radius 1 is 1.16 bits per heavy atom. The molecule has 2 aromatic rings. The molecule has 1 atom stereocenters. The maximum atomic E-state index is 12.9. The number of carbonyl (C=O) groups is 4. The molecule has 4 amide bonds. The molecule has 0 aromatic heterocycles. The summed E-state index contributed by atoms with van der Waals surface area (Å²) in [5.41, 5.74) is 5.04. The average Bonchev–Trinajstić information content (AvgIpc) is 3.20. The molecule has 1 fully saturated rings. The Balaban J connectivity index is 1.34. The van der Waals surface area contributed by atoms with Crippen LogP contribution in [0, 0.1) is 6.92 Å². The van der Waals surface area contributed by atoms with Crippen molar-refractivity contribution in [2.24, 2.45) is 0 Å². The van der Waals surface area contributed by atoms with Crippen molar-refractivity contribution in [3.05, 3.63) is 69.8 Å². The van der Waals surface area contributed by atoms with Gasteiger partial charge in [-0.3, -0.25) is 24.5 Å². The van der Waals surface area contributed by atoms with Crippen LogP contribution in [0.15, 0.2) is 36.4 Å². The summed E-state index contributed by atoms with van der Waals surface area (Å²) in [7, 11) is 0. The lowest BCUT2D eigenvalue weighted by atomic mass is 10.0. The summed E-state index contributed by atoms with van der Waals surface area (Å²) in [5.74, 6) is -1.13. The number of piperidine rings is 1. The van der Waals surface area contributed by atoms with Gasteiger partial charge in [0.15, 0.2) is 0 Å². The highest BCUT2D eigenvalue weighted by Gasteiger charge is 2.39. The summed E-state index contributed by atoms with van der Waals surface area (Å²) >= 11 is 0. The number of hydrogen-bond donors (Lipinski definition) is 3. The summed E-state index contributed by atoms with van der Waals surface area (Å²) in [5, 5.41) is 14.4. The van der Waals surface area contributed by atoms with Crippen molar-refractivity contribution in [2.45, 2.75) is 52.2 Å². The highest BCUT2D eigenvalue weighted by Crippen LogP contribution is 2.28. The number of nitrogens with one attached hydrogen (secondary N) is 2. The Kier molecular flexibility index (Phi) is 8.35. The van der Waals surface area contributed by atoms with Crippen molar-refractivity contribution in [3.63, 3.8) is 0 Å². The first-order valence-electron chi connectivity index (χ1n) is 12.8. The average molecular weight is 507 g/mol. The maximum absolute atomic E-state index is 12.9. The van der Waals surface area contributed by atoms with Gasteiger partial charge in [0, 0.05) is 43.7 Å². The molecule has 4 rings (SSSR count). The predicted octanol–water partition coefficient (Wildman–Crippen LogP) is 1.54. The molecule has 0 radical (unpaired) electrons. The number of fused-ring (bicyclic) bond motifs is 1. The number of hydrogen-bond acceptors (Lipinski definition) is 6. The number of amides is 4. The highest BCUT2D eigenvalue weighted by molar-refractivity contribution is 6.05. The molecule has 9 heteroatoms. The van der Waals surface area contributed by atoms with Crippen LogP contribution in [-0.2, 0) is 29.1 Å². The van der Waals surface area contributed by atoms with Gasteiger partial charge in [-0.1, -0.05) is 25.1 Å². The Hall–Kier alpha value is -3.56. The molecule has 0 saturated carbocycles. The normalized spacial score (nSPS) is 17.2. The number of rotatable bonds is 10. The number of carbonyl (C=O) groups excluding carboxylic acids is 4. The van der Waals surface area contributed by atoms with Gasteiger partial charge in [-0.15, -0.1) is 0 Å². The fraction of sp³-hybridized carbons (Fsp3) is 0.429. The van der Waals surface area contributed by atoms with Crippen LogP contribution in [0.25, 0.3) is 0 Å². The first-order valence-corrected chi connectivity index (χ1v) is 12.8. The first kappa shape index (κ1) is 26.5. The highest BCUT2D eigenvalue weighted by atomic mass is 16.3. The van der Waals surface area contributed by atoms with Crippen LogP contribution >= 0.6 is 0 Å². The van der Waals surface area contributed by atoms with Crippen molar-refractivity contribution in [2.75, 3.05) is 26.2 Å². The summed E-state index contributed by atoms with van der Waals surface area (Å²) < 4.78 is 0. The number of likely N-dealkylation sites (N-methyl/N-ethyl adjacent to an activating group) is 1. The predicted molar refractivity (Wildman–Crippen MR) is 138 cm³/mol. The molecule has 1 unspecified atom stereocenters. The van der Waals surface area contributed by atoms with E-state index in [1.54, 1.807) is 6.07 Å². The van der Waals surface area contributed by atoms with Gasteiger partial charge in [-0.25, -0.2) is 0 Å². The van der Waals surface area contributed by atoms with Crippen LogP contribution in [0.2, 0.25) is 0 Å². The number of imide groups is 1. The monoisotopic (exact) mass is 506 g/mol. The van der Waals surface area contributed by atoms with Crippen molar-refractivity contribution in [1.82, 2.24) is 20.4 Å². The van der Waals surface area contributed by atoms with E-state index in [1.165, 1.54) is 10.5 Å². The summed E-state index contributed by atoms with van der Waals surface area (Å²) in [6, 6.07) is 10.5. The fourth-order valence-electron chi connectivity index (χ4n) is 4.99. The minimum absolute atomic E-state index is 0.143. The largest absolute Gasteiger partial charge is 0.395 e. The number of nitrogens with zero attached hydrogens (tertiary/aromatic N) is 2. The standard InChI is InChI=1S/C28H34N4O5/c1-3-31(12-13-33)11-10-20-5-6-21(14-18(20)2)26(35)29-16-19-4-7-23-22(15-19)17-32(28(23)37)24-8-9-25(34)30-27(24)36/h4-7,14-15,24,33H,3,8-13,16-17H2,1-2H3,(H,29,35)(H,30,34,36). The fourth-order valence-corrected chi connectivity index (χ4v) is 4.99. The molecule has 1 saturated heterocycles. The van der Waals surface area contributed by atoms with Gasteiger partial charge in [0.1, 0.15) is 6.04 Å². The Bertz CT molecular complexity index is 1210. The Morgan fingerprint density at radius 3 is 2.68 bits per heavy atom. The SMILES string of the molecule is CCN(CCO)CCc1ccc(C(=O)NCc2ccc3c(c2)CN(C2CCC(=O)NC2=O)C3=O)cc1C. The van der Waals surface area contributed by atoms with E-state index in [1.807, 2.05) is 37.3 Å². The first-order chi connectivity index (χ1) is 17.8. The van der Waals surface area contributed by atoms with Crippen molar-refractivity contribution >= 4 is 23.6 Å². The lowest BCUT2D eigenvalue weighted by molar-refractivity contribution is -0.136. The third-order valence-corrected chi connectivity index (χ3v) is 7.21. The number of aliphatic hydroxyl groups excluding tert-OH is 1. The van der Waals surface area contributed by atoms with E-state index in [-0.39, 0.29) is 30.7 Å². The molecule has 2 aromatic carbocycles. The van der Waals surface area contributed by atoms with Crippen LogP contribution < -0.4 is 10.6 Å². The molecule has 2 aliphatic heterocycles. The van der Waals surface area contributed by atoms with Gasteiger partial charge in [-0.2, -0.15) is 0 Å². The molecule has 3 N–H and O–H groups in total. The minimum atomic E-state index is -0.647. The van der Waals surface area contributed by atoms with Gasteiger partial charge < -0.3 is 20.2 Å². The summed E-state index contributed by atoms with van der Waals surface area (Å²) in [6.07, 6.45) is 1.39. The quantitative estimate of drug-likeness (QED) is 0.421. The smallest absolute Gasteiger partial charge is 0.255 e. The zero-order valence-electron chi connectivity index (χ0n) is 21.4. The van der Waals surface area contributed by atoms with E-state index in [4.69, 9.17) is 5.11 Å². The number of benzene rings is 2.